The minimum absolute atomic E-state index is 0.106. The molecule has 0 saturated heterocycles. The lowest BCUT2D eigenvalue weighted by atomic mass is 9.85. The van der Waals surface area contributed by atoms with E-state index in [0.717, 1.165) is 27.8 Å². The van der Waals surface area contributed by atoms with Crippen LogP contribution in [0.3, 0.4) is 0 Å². The fourth-order valence-electron chi connectivity index (χ4n) is 5.68. The summed E-state index contributed by atoms with van der Waals surface area (Å²) in [4.78, 5) is 24.8. The number of carboxylic acid groups (broad SMARTS) is 1. The zero-order chi connectivity index (χ0) is 28.1. The number of carboxylic acids is 1. The maximum Gasteiger partial charge on any atom is 0.304 e. The van der Waals surface area contributed by atoms with Gasteiger partial charge in [0.05, 0.1) is 13.0 Å². The second kappa shape index (κ2) is 9.92. The minimum atomic E-state index is -3.81. The van der Waals surface area contributed by atoms with E-state index in [0.29, 0.717) is 17.7 Å². The molecule has 1 aliphatic carbocycles. The molecule has 1 unspecified atom stereocenters. The molecule has 1 aliphatic heterocycles. The first-order valence-electron chi connectivity index (χ1n) is 13.1. The van der Waals surface area contributed by atoms with Gasteiger partial charge in [-0.3, -0.25) is 9.59 Å². The summed E-state index contributed by atoms with van der Waals surface area (Å²) in [5.74, 6) is -0.931. The molecule has 0 radical (unpaired) electrons. The zero-order valence-electron chi connectivity index (χ0n) is 22.6. The smallest absolute Gasteiger partial charge is 0.304 e. The van der Waals surface area contributed by atoms with Crippen LogP contribution >= 0.6 is 0 Å². The maximum absolute atomic E-state index is 13.6. The molecule has 0 spiro atoms. The lowest BCUT2D eigenvalue weighted by molar-refractivity contribution is -0.137. The molecule has 2 atom stereocenters. The Morgan fingerprint density at radius 2 is 1.79 bits per heavy atom. The fraction of sp³-hybridized carbons (Fsp3) is 0.355. The van der Waals surface area contributed by atoms with Crippen molar-refractivity contribution < 1.29 is 27.9 Å². The normalized spacial score (nSPS) is 20.4. The Hall–Kier alpha value is -3.49. The number of carbonyl (C=O) groups excluding carboxylic acids is 1. The maximum atomic E-state index is 13.6. The van der Waals surface area contributed by atoms with E-state index in [-0.39, 0.29) is 36.3 Å². The number of benzene rings is 3. The number of nitrogens with zero attached hydrogens (tertiary/aromatic N) is 1. The lowest BCUT2D eigenvalue weighted by Crippen LogP contribution is -2.35. The van der Waals surface area contributed by atoms with Crippen molar-refractivity contribution in [3.63, 3.8) is 0 Å². The number of fused-ring (bicyclic) bond motifs is 2. The van der Waals surface area contributed by atoms with E-state index in [9.17, 15) is 23.1 Å². The van der Waals surface area contributed by atoms with E-state index < -0.39 is 27.3 Å². The topological polar surface area (TPSA) is 101 Å². The highest BCUT2D eigenvalue weighted by atomic mass is 32.2. The van der Waals surface area contributed by atoms with Crippen molar-refractivity contribution >= 4 is 21.8 Å². The van der Waals surface area contributed by atoms with Crippen LogP contribution in [-0.4, -0.2) is 42.2 Å². The Kier molecular flexibility index (Phi) is 6.89. The molecule has 3 aromatic carbocycles. The molecule has 0 amide bonds. The van der Waals surface area contributed by atoms with Gasteiger partial charge in [-0.2, -0.15) is 4.31 Å². The number of sulfonamides is 1. The van der Waals surface area contributed by atoms with Crippen LogP contribution in [0.5, 0.6) is 5.75 Å². The highest BCUT2D eigenvalue weighted by Gasteiger charge is 2.38. The van der Waals surface area contributed by atoms with Crippen LogP contribution in [0.15, 0.2) is 65.6 Å². The molecule has 204 valence electrons. The van der Waals surface area contributed by atoms with Crippen molar-refractivity contribution in [1.82, 2.24) is 4.31 Å². The van der Waals surface area contributed by atoms with E-state index in [4.69, 9.17) is 4.74 Å². The van der Waals surface area contributed by atoms with Crippen molar-refractivity contribution in [2.24, 2.45) is 5.41 Å². The van der Waals surface area contributed by atoms with Gasteiger partial charge >= 0.3 is 5.97 Å². The number of hydrogen-bond donors (Lipinski definition) is 1. The Bertz CT molecular complexity index is 1580. The average Bonchev–Trinajstić information content (AvgIpc) is 3.04. The number of para-hydroxylation sites is 1. The van der Waals surface area contributed by atoms with E-state index >= 15 is 0 Å². The van der Waals surface area contributed by atoms with Gasteiger partial charge in [-0.25, -0.2) is 8.42 Å². The van der Waals surface area contributed by atoms with Crippen LogP contribution in [0.4, 0.5) is 0 Å². The SMILES string of the molecule is Cc1ccc(C(CC(=O)O)c2ccc3c(c2)CC(C)(C)C3=O)cc1CN1C[C@@H](C)Oc2ccccc2S1(=O)=O. The third kappa shape index (κ3) is 5.11. The van der Waals surface area contributed by atoms with Gasteiger partial charge in [-0.05, 0) is 60.2 Å². The van der Waals surface area contributed by atoms with Crippen molar-refractivity contribution in [3.8, 4) is 5.75 Å². The Morgan fingerprint density at radius 1 is 1.10 bits per heavy atom. The minimum Gasteiger partial charge on any atom is -0.488 e. The highest BCUT2D eigenvalue weighted by Crippen LogP contribution is 2.39. The molecule has 5 rings (SSSR count). The van der Waals surface area contributed by atoms with E-state index in [2.05, 4.69) is 0 Å². The number of aliphatic carboxylic acids is 1. The molecule has 7 nitrogen and oxygen atoms in total. The number of rotatable bonds is 6. The summed E-state index contributed by atoms with van der Waals surface area (Å²) >= 11 is 0. The van der Waals surface area contributed by atoms with Gasteiger partial charge in [-0.1, -0.05) is 62.4 Å². The molecule has 1 N–H and O–H groups in total. The van der Waals surface area contributed by atoms with Crippen molar-refractivity contribution in [2.75, 3.05) is 6.54 Å². The van der Waals surface area contributed by atoms with E-state index in [1.54, 1.807) is 24.3 Å². The lowest BCUT2D eigenvalue weighted by Gasteiger charge is -2.24. The average molecular weight is 548 g/mol. The first kappa shape index (κ1) is 27.1. The fourth-order valence-corrected chi connectivity index (χ4v) is 7.29. The molecule has 2 aliphatic rings. The summed E-state index contributed by atoms with van der Waals surface area (Å²) in [6.07, 6.45) is 0.145. The van der Waals surface area contributed by atoms with E-state index in [1.807, 2.05) is 64.1 Å². The van der Waals surface area contributed by atoms with Crippen molar-refractivity contribution in [2.45, 2.75) is 64.0 Å². The summed E-state index contributed by atoms with van der Waals surface area (Å²) in [6.45, 7) is 7.95. The highest BCUT2D eigenvalue weighted by molar-refractivity contribution is 7.89. The van der Waals surface area contributed by atoms with Crippen LogP contribution in [0, 0.1) is 12.3 Å². The summed E-state index contributed by atoms with van der Waals surface area (Å²) in [6, 6.07) is 18.0. The van der Waals surface area contributed by atoms with Gasteiger partial charge in [-0.15, -0.1) is 0 Å². The van der Waals surface area contributed by atoms with Gasteiger partial charge in [0.1, 0.15) is 16.7 Å². The third-order valence-corrected chi connectivity index (χ3v) is 9.63. The van der Waals surface area contributed by atoms with Crippen molar-refractivity contribution in [3.05, 3.63) is 94.0 Å². The number of aryl methyl sites for hydroxylation is 1. The summed E-state index contributed by atoms with van der Waals surface area (Å²) in [5, 5.41) is 9.78. The predicted octanol–water partition coefficient (Wildman–Crippen LogP) is 5.34. The number of ether oxygens (including phenoxy) is 1. The molecule has 1 heterocycles. The van der Waals surface area contributed by atoms with E-state index in [1.165, 1.54) is 4.31 Å². The molecule has 0 bridgehead atoms. The molecule has 0 aromatic heterocycles. The van der Waals surface area contributed by atoms with Gasteiger partial charge in [0.2, 0.25) is 10.0 Å². The molecule has 39 heavy (non-hydrogen) atoms. The summed E-state index contributed by atoms with van der Waals surface area (Å²) in [7, 11) is -3.81. The predicted molar refractivity (Wildman–Crippen MR) is 148 cm³/mol. The Labute approximate surface area is 229 Å². The molecule has 0 fully saturated rings. The van der Waals surface area contributed by atoms with Crippen LogP contribution in [0.2, 0.25) is 0 Å². The van der Waals surface area contributed by atoms with Crippen LogP contribution in [0.1, 0.15) is 71.3 Å². The molecule has 0 saturated carbocycles. The first-order chi connectivity index (χ1) is 18.4. The molecule has 3 aromatic rings. The number of carbonyl (C=O) groups is 2. The monoisotopic (exact) mass is 547 g/mol. The standard InChI is InChI=1S/C31H33NO6S/c1-19-9-10-21(26(15-29(33)34)22-11-12-25-23(13-22)16-31(3,4)30(25)35)14-24(19)18-32-17-20(2)38-27-7-5-6-8-28(27)39(32,36)37/h5-14,20,26H,15-18H2,1-4H3,(H,33,34)/t20-,26?/m1/s1. The third-order valence-electron chi connectivity index (χ3n) is 7.78. The second-order valence-electron chi connectivity index (χ2n) is 11.3. The van der Waals surface area contributed by atoms with Crippen LogP contribution in [-0.2, 0) is 27.8 Å². The summed E-state index contributed by atoms with van der Waals surface area (Å²) < 4.78 is 34.5. The Balaban J connectivity index is 1.52. The largest absolute Gasteiger partial charge is 0.488 e. The zero-order valence-corrected chi connectivity index (χ0v) is 23.4. The van der Waals surface area contributed by atoms with Gasteiger partial charge in [0.25, 0.3) is 0 Å². The van der Waals surface area contributed by atoms with Crippen LogP contribution < -0.4 is 4.74 Å². The quantitative estimate of drug-likeness (QED) is 0.447. The number of ketones is 1. The molecular formula is C31H33NO6S. The number of hydrogen-bond acceptors (Lipinski definition) is 5. The van der Waals surface area contributed by atoms with Gasteiger partial charge in [0.15, 0.2) is 5.78 Å². The van der Waals surface area contributed by atoms with Crippen molar-refractivity contribution in [1.29, 1.82) is 0 Å². The first-order valence-corrected chi connectivity index (χ1v) is 14.6. The van der Waals surface area contributed by atoms with Gasteiger partial charge in [0, 0.05) is 23.4 Å². The Morgan fingerprint density at radius 3 is 2.54 bits per heavy atom. The summed E-state index contributed by atoms with van der Waals surface area (Å²) in [5.41, 5.74) is 4.50. The van der Waals surface area contributed by atoms with Crippen LogP contribution in [0.25, 0.3) is 0 Å². The molecular weight excluding hydrogens is 514 g/mol. The second-order valence-corrected chi connectivity index (χ2v) is 13.2. The van der Waals surface area contributed by atoms with Gasteiger partial charge < -0.3 is 9.84 Å². The number of Topliss-reactive ketones (excluding diaryl/α,β-unsaturated/α-hetero) is 1. The molecule has 8 heteroatoms.